The third-order valence-electron chi connectivity index (χ3n) is 3.00. The third kappa shape index (κ3) is 4.21. The van der Waals surface area contributed by atoms with Crippen molar-refractivity contribution >= 4 is 17.6 Å². The van der Waals surface area contributed by atoms with Crippen LogP contribution in [0.25, 0.3) is 0 Å². The molecule has 1 aromatic heterocycles. The first kappa shape index (κ1) is 16.0. The van der Waals surface area contributed by atoms with Crippen LogP contribution in [0.3, 0.4) is 0 Å². The van der Waals surface area contributed by atoms with Crippen molar-refractivity contribution < 1.29 is 9.53 Å². The first-order valence-corrected chi connectivity index (χ1v) is 6.90. The largest absolute Gasteiger partial charge is 0.468 e. The molecular formula is C13H22ClN3O2. The summed E-state index contributed by atoms with van der Waals surface area (Å²) in [6.07, 6.45) is 1.77. The molecule has 0 fully saturated rings. The Labute approximate surface area is 119 Å². The highest BCUT2D eigenvalue weighted by Gasteiger charge is 2.17. The predicted molar refractivity (Wildman–Crippen MR) is 75.2 cm³/mol. The highest BCUT2D eigenvalue weighted by molar-refractivity contribution is 6.31. The van der Waals surface area contributed by atoms with Crippen molar-refractivity contribution in [2.45, 2.75) is 33.2 Å². The second-order valence-electron chi connectivity index (χ2n) is 4.47. The Bertz CT molecular complexity index is 432. The Morgan fingerprint density at radius 2 is 2.16 bits per heavy atom. The van der Waals surface area contributed by atoms with Crippen LogP contribution in [0.15, 0.2) is 0 Å². The van der Waals surface area contributed by atoms with Gasteiger partial charge in [-0.1, -0.05) is 25.4 Å². The number of aromatic nitrogens is 2. The van der Waals surface area contributed by atoms with Gasteiger partial charge >= 0.3 is 5.97 Å². The first-order valence-electron chi connectivity index (χ1n) is 6.52. The molecule has 19 heavy (non-hydrogen) atoms. The molecule has 0 saturated carbocycles. The van der Waals surface area contributed by atoms with Crippen molar-refractivity contribution in [3.63, 3.8) is 0 Å². The van der Waals surface area contributed by atoms with Gasteiger partial charge in [0.25, 0.3) is 0 Å². The van der Waals surface area contributed by atoms with E-state index >= 15 is 0 Å². The summed E-state index contributed by atoms with van der Waals surface area (Å²) in [7, 11) is 3.28. The van der Waals surface area contributed by atoms with Crippen LogP contribution in [0.1, 0.15) is 31.7 Å². The fraction of sp³-hybridized carbons (Fsp3) is 0.692. The summed E-state index contributed by atoms with van der Waals surface area (Å²) in [4.78, 5) is 13.4. The van der Waals surface area contributed by atoms with E-state index < -0.39 is 0 Å². The molecule has 0 amide bonds. The number of carbonyl (C=O) groups excluding carboxylic acids is 1. The fourth-order valence-electron chi connectivity index (χ4n) is 1.98. The normalized spacial score (nSPS) is 11.1. The SMILES string of the molecule is CCCN(CC(=O)OC)Cc1c(Cl)c(CC)nn1C. The van der Waals surface area contributed by atoms with Gasteiger partial charge in [0.05, 0.1) is 30.1 Å². The summed E-state index contributed by atoms with van der Waals surface area (Å²) in [5, 5.41) is 5.09. The lowest BCUT2D eigenvalue weighted by Crippen LogP contribution is -2.31. The molecule has 0 bridgehead atoms. The van der Waals surface area contributed by atoms with Crippen LogP contribution >= 0.6 is 11.6 Å². The topological polar surface area (TPSA) is 47.4 Å². The molecule has 1 rings (SSSR count). The molecule has 108 valence electrons. The second kappa shape index (κ2) is 7.50. The zero-order chi connectivity index (χ0) is 14.4. The van der Waals surface area contributed by atoms with Crippen LogP contribution in [-0.2, 0) is 29.5 Å². The monoisotopic (exact) mass is 287 g/mol. The Morgan fingerprint density at radius 3 is 2.63 bits per heavy atom. The molecule has 0 aliphatic rings. The summed E-state index contributed by atoms with van der Waals surface area (Å²) >= 11 is 6.32. The van der Waals surface area contributed by atoms with Gasteiger partial charge in [-0.25, -0.2) is 0 Å². The number of ether oxygens (including phenoxy) is 1. The number of esters is 1. The van der Waals surface area contributed by atoms with Gasteiger partial charge in [-0.15, -0.1) is 0 Å². The van der Waals surface area contributed by atoms with Gasteiger partial charge < -0.3 is 4.74 Å². The molecule has 1 heterocycles. The molecule has 0 aromatic carbocycles. The smallest absolute Gasteiger partial charge is 0.319 e. The van der Waals surface area contributed by atoms with Crippen LogP contribution in [-0.4, -0.2) is 40.8 Å². The van der Waals surface area contributed by atoms with Gasteiger partial charge in [-0.05, 0) is 19.4 Å². The Balaban J connectivity index is 2.84. The molecule has 0 N–H and O–H groups in total. The maximum Gasteiger partial charge on any atom is 0.319 e. The average molecular weight is 288 g/mol. The Morgan fingerprint density at radius 1 is 1.47 bits per heavy atom. The highest BCUT2D eigenvalue weighted by Crippen LogP contribution is 2.22. The number of methoxy groups -OCH3 is 1. The van der Waals surface area contributed by atoms with E-state index in [2.05, 4.69) is 12.0 Å². The number of carbonyl (C=O) groups is 1. The molecule has 0 saturated heterocycles. The fourth-order valence-corrected chi connectivity index (χ4v) is 2.33. The number of halogens is 1. The molecule has 5 nitrogen and oxygen atoms in total. The number of hydrogen-bond acceptors (Lipinski definition) is 4. The maximum absolute atomic E-state index is 11.4. The zero-order valence-electron chi connectivity index (χ0n) is 12.1. The van der Waals surface area contributed by atoms with Crippen LogP contribution in [0.2, 0.25) is 5.02 Å². The van der Waals surface area contributed by atoms with Crippen molar-refractivity contribution in [1.29, 1.82) is 0 Å². The van der Waals surface area contributed by atoms with E-state index in [-0.39, 0.29) is 12.5 Å². The molecular weight excluding hydrogens is 266 g/mol. The molecule has 6 heteroatoms. The zero-order valence-corrected chi connectivity index (χ0v) is 12.8. The maximum atomic E-state index is 11.4. The van der Waals surface area contributed by atoms with Crippen LogP contribution in [0, 0.1) is 0 Å². The lowest BCUT2D eigenvalue weighted by molar-refractivity contribution is -0.142. The van der Waals surface area contributed by atoms with Crippen molar-refractivity contribution in [1.82, 2.24) is 14.7 Å². The molecule has 0 radical (unpaired) electrons. The third-order valence-corrected chi connectivity index (χ3v) is 3.43. The van der Waals surface area contributed by atoms with E-state index in [1.54, 1.807) is 4.68 Å². The first-order chi connectivity index (χ1) is 9.03. The summed E-state index contributed by atoms with van der Waals surface area (Å²) < 4.78 is 6.51. The molecule has 0 spiro atoms. The number of hydrogen-bond donors (Lipinski definition) is 0. The standard InChI is InChI=1S/C13H22ClN3O2/c1-5-7-17(9-12(18)19-4)8-11-13(14)10(6-2)15-16(11)3/h5-9H2,1-4H3. The quantitative estimate of drug-likeness (QED) is 0.720. The molecule has 0 aliphatic carbocycles. The minimum atomic E-state index is -0.234. The average Bonchev–Trinajstić information content (AvgIpc) is 2.66. The highest BCUT2D eigenvalue weighted by atomic mass is 35.5. The summed E-state index contributed by atoms with van der Waals surface area (Å²) in [6, 6.07) is 0. The predicted octanol–water partition coefficient (Wildman–Crippen LogP) is 2.02. The van der Waals surface area contributed by atoms with Crippen molar-refractivity contribution in [2.75, 3.05) is 20.2 Å². The minimum absolute atomic E-state index is 0.234. The molecule has 1 aromatic rings. The van der Waals surface area contributed by atoms with E-state index in [0.29, 0.717) is 11.6 Å². The number of rotatable bonds is 7. The van der Waals surface area contributed by atoms with Gasteiger partial charge in [-0.2, -0.15) is 5.10 Å². The van der Waals surface area contributed by atoms with Crippen molar-refractivity contribution in [3.05, 3.63) is 16.4 Å². The van der Waals surface area contributed by atoms with E-state index in [1.165, 1.54) is 7.11 Å². The Hall–Kier alpha value is -1.07. The van der Waals surface area contributed by atoms with E-state index in [1.807, 2.05) is 18.9 Å². The molecule has 0 unspecified atom stereocenters. The van der Waals surface area contributed by atoms with Crippen molar-refractivity contribution in [3.8, 4) is 0 Å². The van der Waals surface area contributed by atoms with Crippen LogP contribution in [0.5, 0.6) is 0 Å². The van der Waals surface area contributed by atoms with Gasteiger partial charge in [0.15, 0.2) is 0 Å². The van der Waals surface area contributed by atoms with Gasteiger partial charge in [-0.3, -0.25) is 14.4 Å². The van der Waals surface area contributed by atoms with Crippen LogP contribution < -0.4 is 0 Å². The second-order valence-corrected chi connectivity index (χ2v) is 4.85. The van der Waals surface area contributed by atoms with E-state index in [4.69, 9.17) is 16.3 Å². The number of aryl methyl sites for hydroxylation is 2. The number of nitrogens with zero attached hydrogens (tertiary/aromatic N) is 3. The van der Waals surface area contributed by atoms with E-state index in [0.717, 1.165) is 30.8 Å². The summed E-state index contributed by atoms with van der Waals surface area (Å²) in [5.41, 5.74) is 1.84. The molecule has 0 aliphatic heterocycles. The lowest BCUT2D eigenvalue weighted by Gasteiger charge is -2.20. The van der Waals surface area contributed by atoms with Gasteiger partial charge in [0, 0.05) is 13.6 Å². The van der Waals surface area contributed by atoms with Gasteiger partial charge in [0.2, 0.25) is 0 Å². The summed E-state index contributed by atoms with van der Waals surface area (Å²) in [6.45, 7) is 5.79. The Kier molecular flexibility index (Phi) is 6.31. The summed E-state index contributed by atoms with van der Waals surface area (Å²) in [5.74, 6) is -0.234. The lowest BCUT2D eigenvalue weighted by atomic mass is 10.2. The van der Waals surface area contributed by atoms with Crippen molar-refractivity contribution in [2.24, 2.45) is 7.05 Å². The minimum Gasteiger partial charge on any atom is -0.468 e. The molecule has 0 atom stereocenters. The van der Waals surface area contributed by atoms with E-state index in [9.17, 15) is 4.79 Å². The van der Waals surface area contributed by atoms with Crippen LogP contribution in [0.4, 0.5) is 0 Å². The van der Waals surface area contributed by atoms with Gasteiger partial charge in [0.1, 0.15) is 0 Å².